The molecule has 1 atom stereocenters. The minimum Gasteiger partial charge on any atom is -0.490 e. The van der Waals surface area contributed by atoms with Gasteiger partial charge in [-0.2, -0.15) is 0 Å². The summed E-state index contributed by atoms with van der Waals surface area (Å²) in [5.41, 5.74) is 3.46. The Balaban J connectivity index is 1.31. The van der Waals surface area contributed by atoms with Crippen LogP contribution in [0, 0.1) is 12.8 Å². The molecule has 2 fully saturated rings. The van der Waals surface area contributed by atoms with Crippen LogP contribution in [0.5, 0.6) is 5.75 Å². The average Bonchev–Trinajstić information content (AvgIpc) is 2.84. The predicted octanol–water partition coefficient (Wildman–Crippen LogP) is 3.79. The molecule has 1 amide bonds. The van der Waals surface area contributed by atoms with Gasteiger partial charge in [-0.25, -0.2) is 8.42 Å². The normalized spacial score (nSPS) is 23.3. The molecule has 8 heteroatoms. The SMILES string of the molecule is Cc1cc(N(C)C(=O)C2CCC(Oc3cccc(S(C)(=O)=O)c3)CC2)ccc1CN1CCN[C@@H](C)C1. The van der Waals surface area contributed by atoms with Crippen LogP contribution in [-0.2, 0) is 21.2 Å². The van der Waals surface area contributed by atoms with Crippen molar-refractivity contribution in [3.63, 3.8) is 0 Å². The number of anilines is 1. The van der Waals surface area contributed by atoms with Crippen molar-refractivity contribution >= 4 is 21.4 Å². The van der Waals surface area contributed by atoms with Crippen LogP contribution in [-0.4, -0.2) is 64.3 Å². The van der Waals surface area contributed by atoms with Crippen molar-refractivity contribution in [1.82, 2.24) is 10.2 Å². The zero-order valence-electron chi connectivity index (χ0n) is 21.9. The van der Waals surface area contributed by atoms with E-state index >= 15 is 0 Å². The summed E-state index contributed by atoms with van der Waals surface area (Å²) in [5, 5.41) is 3.49. The zero-order chi connectivity index (χ0) is 25.9. The fourth-order valence-electron chi connectivity index (χ4n) is 5.26. The van der Waals surface area contributed by atoms with Crippen molar-refractivity contribution in [1.29, 1.82) is 0 Å². The fourth-order valence-corrected chi connectivity index (χ4v) is 5.92. The van der Waals surface area contributed by atoms with E-state index in [0.717, 1.165) is 57.5 Å². The van der Waals surface area contributed by atoms with E-state index in [1.807, 2.05) is 7.05 Å². The fraction of sp³-hybridized carbons (Fsp3) is 0.536. The molecule has 1 aliphatic carbocycles. The molecular weight excluding hydrogens is 474 g/mol. The molecule has 0 spiro atoms. The van der Waals surface area contributed by atoms with Gasteiger partial charge in [-0.3, -0.25) is 9.69 Å². The number of ether oxygens (including phenoxy) is 1. The first kappa shape index (κ1) is 26.6. The molecule has 2 aromatic carbocycles. The number of benzene rings is 2. The van der Waals surface area contributed by atoms with Gasteiger partial charge in [0.2, 0.25) is 5.91 Å². The summed E-state index contributed by atoms with van der Waals surface area (Å²) >= 11 is 0. The van der Waals surface area contributed by atoms with Gasteiger partial charge in [0.05, 0.1) is 11.0 Å². The topological polar surface area (TPSA) is 79.0 Å². The maximum Gasteiger partial charge on any atom is 0.229 e. The first-order valence-electron chi connectivity index (χ1n) is 12.9. The number of carbonyl (C=O) groups is 1. The van der Waals surface area contributed by atoms with E-state index in [1.54, 1.807) is 29.2 Å². The number of sulfone groups is 1. The summed E-state index contributed by atoms with van der Waals surface area (Å²) in [4.78, 5) is 17.8. The molecule has 2 aliphatic rings. The first-order chi connectivity index (χ1) is 17.1. The second kappa shape index (κ2) is 11.3. The highest BCUT2D eigenvalue weighted by Gasteiger charge is 2.30. The van der Waals surface area contributed by atoms with E-state index in [9.17, 15) is 13.2 Å². The lowest BCUT2D eigenvalue weighted by Crippen LogP contribution is -2.48. The predicted molar refractivity (Wildman–Crippen MR) is 143 cm³/mol. The van der Waals surface area contributed by atoms with Gasteiger partial charge in [0.15, 0.2) is 9.84 Å². The number of hydrogen-bond donors (Lipinski definition) is 1. The van der Waals surface area contributed by atoms with Crippen LogP contribution in [0.15, 0.2) is 47.4 Å². The second-order valence-electron chi connectivity index (χ2n) is 10.4. The molecule has 36 heavy (non-hydrogen) atoms. The van der Waals surface area contributed by atoms with Crippen molar-refractivity contribution in [2.75, 3.05) is 37.8 Å². The van der Waals surface area contributed by atoms with Gasteiger partial charge in [-0.15, -0.1) is 0 Å². The third-order valence-corrected chi connectivity index (χ3v) is 8.56. The van der Waals surface area contributed by atoms with E-state index in [-0.39, 0.29) is 22.8 Å². The van der Waals surface area contributed by atoms with Gasteiger partial charge >= 0.3 is 0 Å². The van der Waals surface area contributed by atoms with Gasteiger partial charge < -0.3 is 15.0 Å². The lowest BCUT2D eigenvalue weighted by molar-refractivity contribution is -0.123. The molecule has 1 saturated carbocycles. The van der Waals surface area contributed by atoms with Crippen LogP contribution in [0.4, 0.5) is 5.69 Å². The Morgan fingerprint density at radius 2 is 1.89 bits per heavy atom. The third kappa shape index (κ3) is 6.66. The summed E-state index contributed by atoms with van der Waals surface area (Å²) < 4.78 is 29.7. The Kier molecular flexibility index (Phi) is 8.37. The van der Waals surface area contributed by atoms with Gasteiger partial charge in [-0.1, -0.05) is 12.1 Å². The van der Waals surface area contributed by atoms with E-state index in [1.165, 1.54) is 17.4 Å². The van der Waals surface area contributed by atoms with E-state index in [4.69, 9.17) is 4.74 Å². The first-order valence-corrected chi connectivity index (χ1v) is 14.8. The Bertz CT molecular complexity index is 1180. The number of hydrogen-bond acceptors (Lipinski definition) is 6. The standard InChI is InChI=1S/C28H39N3O4S/c1-20-16-24(11-8-23(20)19-31-15-14-29-21(2)18-31)30(3)28(32)22-9-12-25(13-10-22)35-26-6-5-7-27(17-26)36(4,33)34/h5-8,11,16-17,21-22,25,29H,9-10,12-15,18-19H2,1-4H3/t21-,22?,25?/m0/s1. The zero-order valence-corrected chi connectivity index (χ0v) is 22.7. The van der Waals surface area contributed by atoms with Crippen LogP contribution >= 0.6 is 0 Å². The maximum absolute atomic E-state index is 13.3. The Labute approximate surface area is 215 Å². The summed E-state index contributed by atoms with van der Waals surface area (Å²) in [6.07, 6.45) is 4.25. The van der Waals surface area contributed by atoms with E-state index < -0.39 is 9.84 Å². The highest BCUT2D eigenvalue weighted by Crippen LogP contribution is 2.31. The van der Waals surface area contributed by atoms with Gasteiger partial charge in [0.25, 0.3) is 0 Å². The summed E-state index contributed by atoms with van der Waals surface area (Å²) in [7, 11) is -1.40. The summed E-state index contributed by atoms with van der Waals surface area (Å²) in [5.74, 6) is 0.686. The van der Waals surface area contributed by atoms with Crippen LogP contribution in [0.1, 0.15) is 43.7 Å². The van der Waals surface area contributed by atoms with Crippen molar-refractivity contribution in [2.24, 2.45) is 5.92 Å². The Hall–Kier alpha value is -2.42. The summed E-state index contributed by atoms with van der Waals surface area (Å²) in [6.45, 7) is 8.42. The van der Waals surface area contributed by atoms with Gasteiger partial charge in [-0.05, 0) is 81.0 Å². The third-order valence-electron chi connectivity index (χ3n) is 7.45. The van der Waals surface area contributed by atoms with E-state index in [0.29, 0.717) is 11.8 Å². The lowest BCUT2D eigenvalue weighted by Gasteiger charge is -2.32. The van der Waals surface area contributed by atoms with Crippen molar-refractivity contribution in [3.8, 4) is 5.75 Å². The summed E-state index contributed by atoms with van der Waals surface area (Å²) in [6, 6.07) is 13.5. The van der Waals surface area contributed by atoms with Gasteiger partial charge in [0, 0.05) is 57.1 Å². The quantitative estimate of drug-likeness (QED) is 0.607. The molecule has 2 aromatic rings. The van der Waals surface area contributed by atoms with Crippen LogP contribution in [0.2, 0.25) is 0 Å². The monoisotopic (exact) mass is 513 g/mol. The number of nitrogens with one attached hydrogen (secondary N) is 1. The van der Waals surface area contributed by atoms with Gasteiger partial charge in [0.1, 0.15) is 5.75 Å². The number of piperazine rings is 1. The minimum absolute atomic E-state index is 0.0107. The van der Waals surface area contributed by atoms with Crippen molar-refractivity contribution in [3.05, 3.63) is 53.6 Å². The highest BCUT2D eigenvalue weighted by molar-refractivity contribution is 7.90. The number of aryl methyl sites for hydroxylation is 1. The molecule has 1 saturated heterocycles. The molecule has 0 aromatic heterocycles. The van der Waals surface area contributed by atoms with Crippen molar-refractivity contribution in [2.45, 2.75) is 63.1 Å². The smallest absolute Gasteiger partial charge is 0.229 e. The molecule has 0 unspecified atom stereocenters. The van der Waals surface area contributed by atoms with Crippen LogP contribution < -0.4 is 15.0 Å². The number of rotatable bonds is 7. The molecule has 0 bridgehead atoms. The minimum atomic E-state index is -3.27. The molecule has 0 radical (unpaired) electrons. The maximum atomic E-state index is 13.3. The molecule has 1 heterocycles. The average molecular weight is 514 g/mol. The molecule has 1 N–H and O–H groups in total. The molecule has 7 nitrogen and oxygen atoms in total. The number of nitrogens with zero attached hydrogens (tertiary/aromatic N) is 2. The number of carbonyl (C=O) groups excluding carboxylic acids is 1. The molecule has 1 aliphatic heterocycles. The van der Waals surface area contributed by atoms with Crippen LogP contribution in [0.25, 0.3) is 0 Å². The Morgan fingerprint density at radius 1 is 1.14 bits per heavy atom. The highest BCUT2D eigenvalue weighted by atomic mass is 32.2. The molecule has 4 rings (SSSR count). The van der Waals surface area contributed by atoms with E-state index in [2.05, 4.69) is 42.3 Å². The van der Waals surface area contributed by atoms with Crippen molar-refractivity contribution < 1.29 is 17.9 Å². The second-order valence-corrected chi connectivity index (χ2v) is 12.5. The van der Waals surface area contributed by atoms with Crippen LogP contribution in [0.3, 0.4) is 0 Å². The Morgan fingerprint density at radius 3 is 2.56 bits per heavy atom. The largest absolute Gasteiger partial charge is 0.490 e. The number of amides is 1. The molecule has 196 valence electrons. The molecular formula is C28H39N3O4S. The lowest BCUT2D eigenvalue weighted by atomic mass is 9.86.